The van der Waals surface area contributed by atoms with Crippen molar-refractivity contribution in [2.75, 3.05) is 0 Å². The molecular weight excluding hydrogens is 917 g/mol. The molecule has 12 aromatic rings. The highest BCUT2D eigenvalue weighted by atomic mass is 15.1. The first-order valence-electron chi connectivity index (χ1n) is 24.0. The molecule has 0 unspecified atom stereocenters. The third kappa shape index (κ3) is 7.49. The molecule has 0 spiro atoms. The van der Waals surface area contributed by atoms with E-state index >= 15 is 0 Å². The van der Waals surface area contributed by atoms with Crippen LogP contribution in [0.15, 0.2) is 200 Å². The lowest BCUT2D eigenvalue weighted by atomic mass is 9.92. The maximum Gasteiger partial charge on any atom is 0.234 e. The van der Waals surface area contributed by atoms with E-state index < -0.39 is 0 Å². The van der Waals surface area contributed by atoms with E-state index in [1.165, 1.54) is 0 Å². The fraction of sp³-hybridized carbons (Fsp3) is 0.0149. The molecule has 0 aliphatic rings. The average molecular weight is 953 g/mol. The number of fused-ring (bicyclic) bond motifs is 6. The van der Waals surface area contributed by atoms with Gasteiger partial charge in [-0.1, -0.05) is 140 Å². The van der Waals surface area contributed by atoms with Crippen LogP contribution in [-0.4, -0.2) is 9.13 Å². The molecule has 10 aromatic carbocycles. The second-order valence-electron chi connectivity index (χ2n) is 18.3. The molecule has 12 rings (SSSR count). The van der Waals surface area contributed by atoms with Crippen molar-refractivity contribution in [1.29, 1.82) is 15.8 Å². The lowest BCUT2D eigenvalue weighted by Crippen LogP contribution is -2.04. The van der Waals surface area contributed by atoms with Gasteiger partial charge in [-0.2, -0.15) is 15.8 Å². The Hall–Kier alpha value is -11.3. The molecule has 0 saturated heterocycles. The molecule has 75 heavy (non-hydrogen) atoms. The SMILES string of the molecule is [C-]#[N+]c1ccc(-c2ccc3c4ccc(-c5ccc(C#N)cc5)cc4n(-c4ccc(-c5c(C)cccc5C#N)c(-n5c6cc(-c7ccc(C#N)cc7)ccc6c6ccc(-c7ccc([N+]#[C-])cc7)cc65)c4[N+]#[C-])c3c2)cc1. The smallest absolute Gasteiger partial charge is 0.234 e. The van der Waals surface area contributed by atoms with Crippen LogP contribution in [0.1, 0.15) is 22.3 Å². The molecule has 0 aliphatic carbocycles. The second kappa shape index (κ2) is 18.2. The molecule has 0 radical (unpaired) electrons. The van der Waals surface area contributed by atoms with E-state index in [-0.39, 0.29) is 0 Å². The summed E-state index contributed by atoms with van der Waals surface area (Å²) in [4.78, 5) is 11.9. The van der Waals surface area contributed by atoms with Crippen molar-refractivity contribution >= 4 is 60.7 Å². The van der Waals surface area contributed by atoms with Gasteiger partial charge in [-0.25, -0.2) is 14.5 Å². The molecule has 0 bridgehead atoms. The Balaban J connectivity index is 1.23. The van der Waals surface area contributed by atoms with Crippen molar-refractivity contribution in [1.82, 2.24) is 9.13 Å². The van der Waals surface area contributed by atoms with Crippen molar-refractivity contribution in [3.63, 3.8) is 0 Å². The normalized spacial score (nSPS) is 10.9. The van der Waals surface area contributed by atoms with Gasteiger partial charge < -0.3 is 9.13 Å². The number of nitriles is 3. The fourth-order valence-electron chi connectivity index (χ4n) is 10.6. The lowest BCUT2D eigenvalue weighted by molar-refractivity contribution is 1.14. The van der Waals surface area contributed by atoms with E-state index in [1.807, 2.05) is 134 Å². The highest BCUT2D eigenvalue weighted by molar-refractivity contribution is 6.15. The average Bonchev–Trinajstić information content (AvgIpc) is 3.99. The van der Waals surface area contributed by atoms with Crippen LogP contribution in [0.5, 0.6) is 0 Å². The van der Waals surface area contributed by atoms with Crippen LogP contribution in [0.3, 0.4) is 0 Å². The van der Waals surface area contributed by atoms with E-state index in [2.05, 4.69) is 115 Å². The Morgan fingerprint density at radius 1 is 0.387 bits per heavy atom. The number of benzene rings is 10. The third-order valence-corrected chi connectivity index (χ3v) is 14.3. The monoisotopic (exact) mass is 952 g/mol. The first-order valence-corrected chi connectivity index (χ1v) is 24.0. The Kier molecular flexibility index (Phi) is 10.9. The highest BCUT2D eigenvalue weighted by Crippen LogP contribution is 2.48. The van der Waals surface area contributed by atoms with Crippen LogP contribution in [0.25, 0.3) is 125 Å². The minimum atomic E-state index is 0.350. The van der Waals surface area contributed by atoms with E-state index in [0.29, 0.717) is 56.3 Å². The van der Waals surface area contributed by atoms with E-state index in [4.69, 9.17) is 13.1 Å². The topological polar surface area (TPSA) is 94.3 Å². The summed E-state index contributed by atoms with van der Waals surface area (Å²) in [5.74, 6) is 0. The molecule has 0 fully saturated rings. The van der Waals surface area contributed by atoms with Crippen LogP contribution < -0.4 is 0 Å². The number of aromatic nitrogens is 2. The number of nitrogens with zero attached hydrogens (tertiary/aromatic N) is 8. The van der Waals surface area contributed by atoms with E-state index in [9.17, 15) is 22.4 Å². The highest BCUT2D eigenvalue weighted by Gasteiger charge is 2.27. The number of rotatable bonds is 7. The van der Waals surface area contributed by atoms with Crippen LogP contribution in [-0.2, 0) is 0 Å². The summed E-state index contributed by atoms with van der Waals surface area (Å²) < 4.78 is 4.37. The van der Waals surface area contributed by atoms with Gasteiger partial charge >= 0.3 is 0 Å². The molecule has 0 atom stereocenters. The second-order valence-corrected chi connectivity index (χ2v) is 18.3. The number of hydrogen-bond donors (Lipinski definition) is 0. The Morgan fingerprint density at radius 3 is 1.15 bits per heavy atom. The Morgan fingerprint density at radius 2 is 0.773 bits per heavy atom. The number of aryl methyl sites for hydroxylation is 1. The zero-order chi connectivity index (χ0) is 51.3. The predicted octanol–water partition coefficient (Wildman–Crippen LogP) is 17.8. The molecule has 2 aromatic heterocycles. The minimum Gasteiger partial charge on any atom is -0.319 e. The van der Waals surface area contributed by atoms with Gasteiger partial charge in [0.05, 0.1) is 88.1 Å². The summed E-state index contributed by atoms with van der Waals surface area (Å²) in [5, 5.41) is 34.0. The van der Waals surface area contributed by atoms with Gasteiger partial charge in [-0.3, -0.25) is 0 Å². The quantitative estimate of drug-likeness (QED) is 0.149. The lowest BCUT2D eigenvalue weighted by Gasteiger charge is -2.22. The number of hydrogen-bond acceptors (Lipinski definition) is 3. The van der Waals surface area contributed by atoms with Crippen molar-refractivity contribution < 1.29 is 0 Å². The van der Waals surface area contributed by atoms with Gasteiger partial charge in [0.1, 0.15) is 0 Å². The van der Waals surface area contributed by atoms with Gasteiger partial charge in [0.2, 0.25) is 5.69 Å². The molecule has 0 saturated carbocycles. The largest absolute Gasteiger partial charge is 0.319 e. The van der Waals surface area contributed by atoms with Crippen molar-refractivity contribution in [3.8, 4) is 85.2 Å². The predicted molar refractivity (Wildman–Crippen MR) is 300 cm³/mol. The van der Waals surface area contributed by atoms with Gasteiger partial charge in [-0.15, -0.1) is 0 Å². The Labute approximate surface area is 432 Å². The van der Waals surface area contributed by atoms with Crippen LogP contribution in [0.4, 0.5) is 17.1 Å². The van der Waals surface area contributed by atoms with Crippen LogP contribution >= 0.6 is 0 Å². The van der Waals surface area contributed by atoms with Gasteiger partial charge in [0.15, 0.2) is 11.4 Å². The van der Waals surface area contributed by atoms with Crippen molar-refractivity contribution in [3.05, 3.63) is 257 Å². The molecule has 2 heterocycles. The van der Waals surface area contributed by atoms with Gasteiger partial charge in [0.25, 0.3) is 0 Å². The molecule has 0 N–H and O–H groups in total. The van der Waals surface area contributed by atoms with Gasteiger partial charge in [-0.05, 0) is 123 Å². The first kappa shape index (κ1) is 44.9. The molecule has 0 amide bonds. The summed E-state index contributed by atoms with van der Waals surface area (Å²) in [6.07, 6.45) is 0. The first-order chi connectivity index (χ1) is 36.8. The summed E-state index contributed by atoms with van der Waals surface area (Å²) in [6, 6.07) is 72.3. The summed E-state index contributed by atoms with van der Waals surface area (Å²) in [7, 11) is 0. The molecule has 0 aliphatic heterocycles. The summed E-state index contributed by atoms with van der Waals surface area (Å²) in [5.41, 5.74) is 17.3. The van der Waals surface area contributed by atoms with Crippen molar-refractivity contribution in [2.24, 2.45) is 0 Å². The van der Waals surface area contributed by atoms with Crippen LogP contribution in [0.2, 0.25) is 0 Å². The fourth-order valence-corrected chi connectivity index (χ4v) is 10.6. The molecular formula is C67H36N8. The van der Waals surface area contributed by atoms with E-state index in [1.54, 1.807) is 0 Å². The summed E-state index contributed by atoms with van der Waals surface area (Å²) >= 11 is 0. The zero-order valence-electron chi connectivity index (χ0n) is 40.1. The Bertz CT molecular complexity index is 4400. The standard InChI is InChI=1S/C67H36N8/c1-41-6-5-7-52(40-70)65(41)59-32-33-60(74-61-34-48(44-12-8-42(38-68)9-13-44)20-28-55(61)56-29-21-49(35-62(56)74)46-16-24-53(71-2)25-17-46)66(73-4)67(59)75-63-36-50(45-14-10-43(39-69)11-15-45)22-30-57(63)58-31-23-51(37-64(58)75)47-18-26-54(72-3)27-19-47/h5-37H,1H3. The van der Waals surface area contributed by atoms with Gasteiger partial charge in [0, 0.05) is 27.1 Å². The molecule has 8 heteroatoms. The molecule has 8 nitrogen and oxygen atoms in total. The van der Waals surface area contributed by atoms with Crippen molar-refractivity contribution in [2.45, 2.75) is 6.92 Å². The summed E-state index contributed by atoms with van der Waals surface area (Å²) in [6.45, 7) is 26.7. The zero-order valence-corrected chi connectivity index (χ0v) is 40.1. The maximum absolute atomic E-state index is 10.8. The maximum atomic E-state index is 10.8. The third-order valence-electron chi connectivity index (χ3n) is 14.3. The molecule has 344 valence electrons. The minimum absolute atomic E-state index is 0.350. The van der Waals surface area contributed by atoms with E-state index in [0.717, 1.165) is 93.7 Å². The van der Waals surface area contributed by atoms with Crippen LogP contribution in [0, 0.1) is 60.6 Å².